The highest BCUT2D eigenvalue weighted by Crippen LogP contribution is 2.15. The summed E-state index contributed by atoms with van der Waals surface area (Å²) in [6.07, 6.45) is 3.96. The van der Waals surface area contributed by atoms with E-state index in [9.17, 15) is 4.39 Å². The van der Waals surface area contributed by atoms with E-state index in [-0.39, 0.29) is 0 Å². The van der Waals surface area contributed by atoms with E-state index >= 15 is 0 Å². The normalized spacial score (nSPS) is 10.9. The topological polar surface area (TPSA) is 27.1 Å². The molecule has 1 aromatic heterocycles. The molecule has 0 saturated carbocycles. The van der Waals surface area contributed by atoms with Crippen molar-refractivity contribution in [3.63, 3.8) is 0 Å². The lowest BCUT2D eigenvalue weighted by atomic mass is 10.4. The van der Waals surface area contributed by atoms with Crippen LogP contribution < -0.4 is 0 Å². The van der Waals surface area contributed by atoms with Crippen LogP contribution in [0.25, 0.3) is 0 Å². The molecular formula is C10H16BrFN2O. The van der Waals surface area contributed by atoms with Gasteiger partial charge in [-0.1, -0.05) is 13.3 Å². The molecule has 1 heterocycles. The van der Waals surface area contributed by atoms with Crippen LogP contribution >= 0.6 is 15.9 Å². The molecule has 0 aliphatic rings. The van der Waals surface area contributed by atoms with Crippen LogP contribution in [-0.2, 0) is 17.9 Å². The maximum Gasteiger partial charge on any atom is 0.109 e. The summed E-state index contributed by atoms with van der Waals surface area (Å²) in [5.41, 5.74) is 0.833. The van der Waals surface area contributed by atoms with Gasteiger partial charge in [-0.2, -0.15) is 5.10 Å². The zero-order valence-corrected chi connectivity index (χ0v) is 10.5. The van der Waals surface area contributed by atoms with E-state index in [0.717, 1.165) is 29.6 Å². The molecule has 0 unspecified atom stereocenters. The number of alkyl halides is 1. The standard InChI is InChI=1S/C10H16BrFN2O/c1-2-3-6-15-8-10-9(11)7-14(13-10)5-4-12/h7H,2-6,8H2,1H3. The van der Waals surface area contributed by atoms with Crippen molar-refractivity contribution in [2.24, 2.45) is 0 Å². The van der Waals surface area contributed by atoms with Gasteiger partial charge in [0.05, 0.1) is 17.6 Å². The molecule has 0 N–H and O–H groups in total. The van der Waals surface area contributed by atoms with Crippen LogP contribution in [0.5, 0.6) is 0 Å². The number of nitrogens with zero attached hydrogens (tertiary/aromatic N) is 2. The average Bonchev–Trinajstić information content (AvgIpc) is 2.55. The van der Waals surface area contributed by atoms with Crippen molar-refractivity contribution in [1.82, 2.24) is 9.78 Å². The monoisotopic (exact) mass is 278 g/mol. The Morgan fingerprint density at radius 1 is 1.60 bits per heavy atom. The smallest absolute Gasteiger partial charge is 0.109 e. The van der Waals surface area contributed by atoms with Crippen molar-refractivity contribution in [3.05, 3.63) is 16.4 Å². The van der Waals surface area contributed by atoms with Gasteiger partial charge in [0, 0.05) is 12.8 Å². The Kier molecular flexibility index (Phi) is 5.86. The van der Waals surface area contributed by atoms with Gasteiger partial charge in [-0.3, -0.25) is 4.68 Å². The van der Waals surface area contributed by atoms with Crippen molar-refractivity contribution >= 4 is 15.9 Å². The SMILES string of the molecule is CCCCOCc1nn(CCF)cc1Br. The number of aromatic nitrogens is 2. The number of rotatable bonds is 7. The van der Waals surface area contributed by atoms with Gasteiger partial charge >= 0.3 is 0 Å². The van der Waals surface area contributed by atoms with Crippen molar-refractivity contribution in [1.29, 1.82) is 0 Å². The summed E-state index contributed by atoms with van der Waals surface area (Å²) in [5, 5.41) is 4.20. The molecule has 0 fully saturated rings. The van der Waals surface area contributed by atoms with E-state index in [0.29, 0.717) is 13.2 Å². The molecule has 0 atom stereocenters. The molecule has 0 aromatic carbocycles. The first-order valence-electron chi connectivity index (χ1n) is 5.13. The maximum atomic E-state index is 12.1. The molecule has 0 spiro atoms. The fraction of sp³-hybridized carbons (Fsp3) is 0.700. The lowest BCUT2D eigenvalue weighted by Crippen LogP contribution is -2.02. The zero-order chi connectivity index (χ0) is 11.1. The van der Waals surface area contributed by atoms with Gasteiger partial charge in [-0.25, -0.2) is 4.39 Å². The third kappa shape index (κ3) is 4.30. The largest absolute Gasteiger partial charge is 0.375 e. The van der Waals surface area contributed by atoms with Gasteiger partial charge in [0.15, 0.2) is 0 Å². The first kappa shape index (κ1) is 12.6. The minimum atomic E-state index is -0.399. The molecule has 15 heavy (non-hydrogen) atoms. The van der Waals surface area contributed by atoms with Crippen molar-refractivity contribution in [3.8, 4) is 0 Å². The molecule has 0 aliphatic heterocycles. The summed E-state index contributed by atoms with van der Waals surface area (Å²) in [4.78, 5) is 0. The maximum absolute atomic E-state index is 12.1. The van der Waals surface area contributed by atoms with Crippen molar-refractivity contribution in [2.45, 2.75) is 32.9 Å². The highest BCUT2D eigenvalue weighted by atomic mass is 79.9. The third-order valence-corrected chi connectivity index (χ3v) is 2.64. The van der Waals surface area contributed by atoms with Gasteiger partial charge in [-0.15, -0.1) is 0 Å². The molecular weight excluding hydrogens is 263 g/mol. The number of aryl methyl sites for hydroxylation is 1. The van der Waals surface area contributed by atoms with E-state index in [1.165, 1.54) is 0 Å². The highest BCUT2D eigenvalue weighted by Gasteiger charge is 2.06. The van der Waals surface area contributed by atoms with Gasteiger partial charge in [0.1, 0.15) is 12.4 Å². The molecule has 1 rings (SSSR count). The Labute approximate surface area is 97.7 Å². The summed E-state index contributed by atoms with van der Waals surface area (Å²) in [6, 6.07) is 0. The van der Waals surface area contributed by atoms with E-state index < -0.39 is 6.67 Å². The highest BCUT2D eigenvalue weighted by molar-refractivity contribution is 9.10. The summed E-state index contributed by atoms with van der Waals surface area (Å²) in [5.74, 6) is 0. The van der Waals surface area contributed by atoms with Crippen LogP contribution in [0.1, 0.15) is 25.5 Å². The molecule has 1 aromatic rings. The Bertz CT molecular complexity index is 291. The Hall–Kier alpha value is -0.420. The Morgan fingerprint density at radius 3 is 3.07 bits per heavy atom. The summed E-state index contributed by atoms with van der Waals surface area (Å²) in [6.45, 7) is 3.26. The van der Waals surface area contributed by atoms with E-state index in [1.54, 1.807) is 10.9 Å². The number of halogens is 2. The first-order valence-corrected chi connectivity index (χ1v) is 5.92. The lowest BCUT2D eigenvalue weighted by Gasteiger charge is -2.00. The van der Waals surface area contributed by atoms with Crippen LogP contribution in [0.2, 0.25) is 0 Å². The molecule has 0 radical (unpaired) electrons. The van der Waals surface area contributed by atoms with Crippen LogP contribution in [0.3, 0.4) is 0 Å². The van der Waals surface area contributed by atoms with Crippen LogP contribution in [-0.4, -0.2) is 23.1 Å². The van der Waals surface area contributed by atoms with Gasteiger partial charge in [-0.05, 0) is 22.4 Å². The average molecular weight is 279 g/mol. The van der Waals surface area contributed by atoms with Gasteiger partial charge < -0.3 is 4.74 Å². The minimum absolute atomic E-state index is 0.299. The molecule has 5 heteroatoms. The number of ether oxygens (including phenoxy) is 1. The van der Waals surface area contributed by atoms with Crippen molar-refractivity contribution in [2.75, 3.05) is 13.3 Å². The molecule has 86 valence electrons. The Balaban J connectivity index is 2.39. The van der Waals surface area contributed by atoms with Gasteiger partial charge in [0.2, 0.25) is 0 Å². The molecule has 0 saturated heterocycles. The predicted octanol–water partition coefficient (Wildman–Crippen LogP) is 2.93. The minimum Gasteiger partial charge on any atom is -0.375 e. The second kappa shape index (κ2) is 6.95. The lowest BCUT2D eigenvalue weighted by molar-refractivity contribution is 0.114. The second-order valence-corrected chi connectivity index (χ2v) is 4.14. The van der Waals surface area contributed by atoms with E-state index in [2.05, 4.69) is 28.0 Å². The molecule has 0 amide bonds. The van der Waals surface area contributed by atoms with Gasteiger partial charge in [0.25, 0.3) is 0 Å². The molecule has 0 aliphatic carbocycles. The summed E-state index contributed by atoms with van der Waals surface area (Å²) >= 11 is 3.37. The van der Waals surface area contributed by atoms with E-state index in [4.69, 9.17) is 4.74 Å². The van der Waals surface area contributed by atoms with E-state index in [1.807, 2.05) is 0 Å². The summed E-state index contributed by atoms with van der Waals surface area (Å²) in [7, 11) is 0. The molecule has 3 nitrogen and oxygen atoms in total. The second-order valence-electron chi connectivity index (χ2n) is 3.28. The van der Waals surface area contributed by atoms with Crippen LogP contribution in [0.15, 0.2) is 10.7 Å². The Morgan fingerprint density at radius 2 is 2.40 bits per heavy atom. The quantitative estimate of drug-likeness (QED) is 0.717. The fourth-order valence-electron chi connectivity index (χ4n) is 1.15. The fourth-order valence-corrected chi connectivity index (χ4v) is 1.58. The number of unbranched alkanes of at least 4 members (excludes halogenated alkanes) is 1. The summed E-state index contributed by atoms with van der Waals surface area (Å²) < 4.78 is 20.0. The van der Waals surface area contributed by atoms with Crippen LogP contribution in [0, 0.1) is 0 Å². The number of hydrogen-bond donors (Lipinski definition) is 0. The zero-order valence-electron chi connectivity index (χ0n) is 8.88. The first-order chi connectivity index (χ1) is 7.27. The number of hydrogen-bond acceptors (Lipinski definition) is 2. The molecule has 0 bridgehead atoms. The third-order valence-electron chi connectivity index (χ3n) is 1.98. The van der Waals surface area contributed by atoms with Crippen molar-refractivity contribution < 1.29 is 9.13 Å². The van der Waals surface area contributed by atoms with Crippen LogP contribution in [0.4, 0.5) is 4.39 Å². The predicted molar refractivity (Wildman–Crippen MR) is 60.5 cm³/mol.